The minimum Gasteiger partial charge on any atom is -0.369 e. The van der Waals surface area contributed by atoms with Crippen molar-refractivity contribution in [3.05, 3.63) is 29.8 Å². The van der Waals surface area contributed by atoms with E-state index in [-0.39, 0.29) is 29.1 Å². The van der Waals surface area contributed by atoms with Crippen LogP contribution in [0.4, 0.5) is 5.69 Å². The van der Waals surface area contributed by atoms with Gasteiger partial charge in [0, 0.05) is 24.7 Å². The molecule has 6 heteroatoms. The van der Waals surface area contributed by atoms with Crippen molar-refractivity contribution in [2.75, 3.05) is 31.5 Å². The summed E-state index contributed by atoms with van der Waals surface area (Å²) in [4.78, 5) is 26.6. The molecule has 2 saturated heterocycles. The molecular formula is C21H30N4O2. The lowest BCUT2D eigenvalue weighted by molar-refractivity contribution is -0.123. The van der Waals surface area contributed by atoms with Gasteiger partial charge in [-0.3, -0.25) is 14.5 Å². The molecule has 2 unspecified atom stereocenters. The Bertz CT molecular complexity index is 714. The van der Waals surface area contributed by atoms with Gasteiger partial charge in [0.1, 0.15) is 0 Å². The van der Waals surface area contributed by atoms with Crippen molar-refractivity contribution in [1.82, 2.24) is 10.2 Å². The van der Waals surface area contributed by atoms with Crippen molar-refractivity contribution in [3.63, 3.8) is 0 Å². The topological polar surface area (TPSA) is 87.5 Å². The highest BCUT2D eigenvalue weighted by Crippen LogP contribution is 2.58. The van der Waals surface area contributed by atoms with Gasteiger partial charge in [0.15, 0.2) is 0 Å². The van der Waals surface area contributed by atoms with Crippen molar-refractivity contribution < 1.29 is 9.59 Å². The molecule has 6 nitrogen and oxygen atoms in total. The molecule has 0 aromatic heterocycles. The summed E-state index contributed by atoms with van der Waals surface area (Å²) in [5.74, 6) is 0.0499. The molecule has 2 heterocycles. The first-order chi connectivity index (χ1) is 13.1. The van der Waals surface area contributed by atoms with Crippen LogP contribution in [0.2, 0.25) is 0 Å². The predicted molar refractivity (Wildman–Crippen MR) is 105 cm³/mol. The summed E-state index contributed by atoms with van der Waals surface area (Å²) in [7, 11) is 0. The van der Waals surface area contributed by atoms with Gasteiger partial charge in [0.25, 0.3) is 0 Å². The molecule has 0 radical (unpaired) electrons. The molecular weight excluding hydrogens is 340 g/mol. The molecule has 4 N–H and O–H groups in total. The highest BCUT2D eigenvalue weighted by molar-refractivity contribution is 5.95. The standard InChI is InChI=1S/C21H30N4O2/c22-19(26)16-5-3-11-25(14-16)13-15-4-1-2-6-18(15)24-20(27)17-12-21(17)7-9-23-10-8-21/h1-2,4,6,16-17,23H,3,5,7-14H2,(H2,22,26)(H,24,27). The monoisotopic (exact) mass is 370 g/mol. The number of benzene rings is 1. The van der Waals surface area contributed by atoms with Gasteiger partial charge in [-0.1, -0.05) is 18.2 Å². The average Bonchev–Trinajstić information content (AvgIpc) is 3.37. The SMILES string of the molecule is NC(=O)C1CCCN(Cc2ccccc2NC(=O)C2CC23CCNCC3)C1. The van der Waals surface area contributed by atoms with E-state index in [0.717, 1.165) is 69.5 Å². The van der Waals surface area contributed by atoms with E-state index in [1.54, 1.807) is 0 Å². The Morgan fingerprint density at radius 3 is 2.81 bits per heavy atom. The Morgan fingerprint density at radius 1 is 1.26 bits per heavy atom. The van der Waals surface area contributed by atoms with Gasteiger partial charge in [-0.2, -0.15) is 0 Å². The number of anilines is 1. The number of hydrogen-bond acceptors (Lipinski definition) is 4. The molecule has 2 atom stereocenters. The van der Waals surface area contributed by atoms with E-state index in [9.17, 15) is 9.59 Å². The zero-order chi connectivity index (χ0) is 18.9. The fourth-order valence-electron chi connectivity index (χ4n) is 4.87. The molecule has 1 aliphatic carbocycles. The van der Waals surface area contributed by atoms with Crippen LogP contribution >= 0.6 is 0 Å². The third-order valence-corrected chi connectivity index (χ3v) is 6.68. The van der Waals surface area contributed by atoms with E-state index in [1.807, 2.05) is 18.2 Å². The molecule has 27 heavy (non-hydrogen) atoms. The summed E-state index contributed by atoms with van der Waals surface area (Å²) in [6, 6.07) is 8.03. The zero-order valence-corrected chi connectivity index (χ0v) is 15.9. The Hall–Kier alpha value is -1.92. The Balaban J connectivity index is 1.39. The van der Waals surface area contributed by atoms with E-state index in [1.165, 1.54) is 0 Å². The lowest BCUT2D eigenvalue weighted by atomic mass is 9.91. The second kappa shape index (κ2) is 7.60. The van der Waals surface area contributed by atoms with Crippen LogP contribution in [0.5, 0.6) is 0 Å². The van der Waals surface area contributed by atoms with Crippen LogP contribution in [-0.2, 0) is 16.1 Å². The lowest BCUT2D eigenvalue weighted by Gasteiger charge is -2.31. The van der Waals surface area contributed by atoms with Crippen molar-refractivity contribution in [2.45, 2.75) is 38.6 Å². The van der Waals surface area contributed by atoms with Crippen LogP contribution in [0.25, 0.3) is 0 Å². The summed E-state index contributed by atoms with van der Waals surface area (Å²) < 4.78 is 0. The van der Waals surface area contributed by atoms with E-state index in [4.69, 9.17) is 5.73 Å². The number of piperidine rings is 2. The second-order valence-electron chi connectivity index (χ2n) is 8.49. The number of primary amides is 1. The normalized spacial score (nSPS) is 27.3. The number of likely N-dealkylation sites (tertiary alicyclic amines) is 1. The van der Waals surface area contributed by atoms with E-state index in [0.29, 0.717) is 6.54 Å². The maximum absolute atomic E-state index is 12.8. The van der Waals surface area contributed by atoms with Crippen LogP contribution in [-0.4, -0.2) is 42.9 Å². The van der Waals surface area contributed by atoms with Gasteiger partial charge >= 0.3 is 0 Å². The number of carbonyl (C=O) groups is 2. The Morgan fingerprint density at radius 2 is 2.04 bits per heavy atom. The van der Waals surface area contributed by atoms with E-state index in [2.05, 4.69) is 21.6 Å². The summed E-state index contributed by atoms with van der Waals surface area (Å²) in [6.45, 7) is 4.45. The first-order valence-electron chi connectivity index (χ1n) is 10.2. The summed E-state index contributed by atoms with van der Waals surface area (Å²) in [6.07, 6.45) is 5.10. The number of rotatable bonds is 5. The minimum absolute atomic E-state index is 0.0632. The molecule has 1 saturated carbocycles. The zero-order valence-electron chi connectivity index (χ0n) is 15.9. The van der Waals surface area contributed by atoms with Crippen molar-refractivity contribution >= 4 is 17.5 Å². The van der Waals surface area contributed by atoms with Gasteiger partial charge in [-0.05, 0) is 68.8 Å². The fraction of sp³-hybridized carbons (Fsp3) is 0.619. The molecule has 2 amide bonds. The number of nitrogens with zero attached hydrogens (tertiary/aromatic N) is 1. The van der Waals surface area contributed by atoms with Crippen LogP contribution in [0.3, 0.4) is 0 Å². The first kappa shape index (κ1) is 18.4. The summed E-state index contributed by atoms with van der Waals surface area (Å²) in [5.41, 5.74) is 7.75. The third-order valence-electron chi connectivity index (χ3n) is 6.68. The molecule has 1 aromatic rings. The molecule has 4 rings (SSSR count). The maximum Gasteiger partial charge on any atom is 0.228 e. The number of carbonyl (C=O) groups excluding carboxylic acids is 2. The number of para-hydroxylation sites is 1. The number of nitrogens with one attached hydrogen (secondary N) is 2. The summed E-state index contributed by atoms with van der Waals surface area (Å²) in [5, 5.41) is 6.58. The van der Waals surface area contributed by atoms with Crippen LogP contribution in [0.15, 0.2) is 24.3 Å². The number of nitrogens with two attached hydrogens (primary N) is 1. The quantitative estimate of drug-likeness (QED) is 0.736. The smallest absolute Gasteiger partial charge is 0.228 e. The molecule has 3 aliphatic rings. The van der Waals surface area contributed by atoms with E-state index < -0.39 is 0 Å². The Labute approximate surface area is 160 Å². The first-order valence-corrected chi connectivity index (χ1v) is 10.2. The highest BCUT2D eigenvalue weighted by atomic mass is 16.2. The van der Waals surface area contributed by atoms with Gasteiger partial charge < -0.3 is 16.4 Å². The lowest BCUT2D eigenvalue weighted by Crippen LogP contribution is -2.40. The van der Waals surface area contributed by atoms with E-state index >= 15 is 0 Å². The molecule has 0 bridgehead atoms. The van der Waals surface area contributed by atoms with Crippen LogP contribution in [0, 0.1) is 17.3 Å². The third kappa shape index (κ3) is 4.01. The maximum atomic E-state index is 12.8. The fourth-order valence-corrected chi connectivity index (χ4v) is 4.87. The predicted octanol–water partition coefficient (Wildman–Crippen LogP) is 1.71. The molecule has 146 valence electrons. The van der Waals surface area contributed by atoms with Crippen LogP contribution < -0.4 is 16.4 Å². The van der Waals surface area contributed by atoms with Gasteiger partial charge in [0.05, 0.1) is 5.92 Å². The minimum atomic E-state index is -0.206. The number of hydrogen-bond donors (Lipinski definition) is 3. The molecule has 3 fully saturated rings. The Kier molecular flexibility index (Phi) is 5.19. The van der Waals surface area contributed by atoms with Crippen LogP contribution in [0.1, 0.15) is 37.7 Å². The van der Waals surface area contributed by atoms with Crippen molar-refractivity contribution in [2.24, 2.45) is 23.0 Å². The largest absolute Gasteiger partial charge is 0.369 e. The van der Waals surface area contributed by atoms with Gasteiger partial charge in [-0.25, -0.2) is 0 Å². The van der Waals surface area contributed by atoms with Gasteiger partial charge in [-0.15, -0.1) is 0 Å². The van der Waals surface area contributed by atoms with Crippen molar-refractivity contribution in [3.8, 4) is 0 Å². The summed E-state index contributed by atoms with van der Waals surface area (Å²) >= 11 is 0. The molecule has 1 spiro atoms. The highest BCUT2D eigenvalue weighted by Gasteiger charge is 2.57. The molecule has 1 aromatic carbocycles. The van der Waals surface area contributed by atoms with Crippen molar-refractivity contribution in [1.29, 1.82) is 0 Å². The number of amides is 2. The molecule has 2 aliphatic heterocycles. The average molecular weight is 370 g/mol. The second-order valence-corrected chi connectivity index (χ2v) is 8.49. The van der Waals surface area contributed by atoms with Gasteiger partial charge in [0.2, 0.25) is 11.8 Å².